The van der Waals surface area contributed by atoms with Crippen LogP contribution < -0.4 is 10.4 Å². The maximum Gasteiger partial charge on any atom is 0.494 e. The third kappa shape index (κ3) is 2.58. The number of nitrogens with zero attached hydrogens (tertiary/aromatic N) is 1. The Hall–Kier alpha value is -1.04. The first-order valence-electron chi connectivity index (χ1n) is 9.19. The van der Waals surface area contributed by atoms with Crippen LogP contribution in [0.15, 0.2) is 24.3 Å². The van der Waals surface area contributed by atoms with Crippen molar-refractivity contribution in [3.63, 3.8) is 0 Å². The molecule has 3 saturated heterocycles. The van der Waals surface area contributed by atoms with Gasteiger partial charge in [-0.15, -0.1) is 0 Å². The number of hydrogen-bond acceptors (Lipinski definition) is 4. The van der Waals surface area contributed by atoms with E-state index in [1.165, 1.54) is 18.5 Å². The van der Waals surface area contributed by atoms with E-state index < -0.39 is 0 Å². The van der Waals surface area contributed by atoms with E-state index in [1.807, 2.05) is 0 Å². The third-order valence-electron chi connectivity index (χ3n) is 6.42. The highest BCUT2D eigenvalue weighted by molar-refractivity contribution is 6.62. The molecule has 0 aromatic heterocycles. The van der Waals surface area contributed by atoms with Crippen molar-refractivity contribution in [2.45, 2.75) is 82.8 Å². The summed E-state index contributed by atoms with van der Waals surface area (Å²) in [4.78, 5) is 2.51. The number of piperidine rings is 1. The number of aliphatic hydroxyl groups is 1. The Morgan fingerprint density at radius 1 is 0.958 bits per heavy atom. The highest BCUT2D eigenvalue weighted by Gasteiger charge is 2.51. The quantitative estimate of drug-likeness (QED) is 0.847. The van der Waals surface area contributed by atoms with E-state index >= 15 is 0 Å². The van der Waals surface area contributed by atoms with Gasteiger partial charge in [-0.3, -0.25) is 0 Å². The van der Waals surface area contributed by atoms with Crippen LogP contribution in [0.2, 0.25) is 0 Å². The van der Waals surface area contributed by atoms with Crippen LogP contribution in [0.4, 0.5) is 5.69 Å². The number of hydrogen-bond donors (Lipinski definition) is 1. The van der Waals surface area contributed by atoms with E-state index in [1.54, 1.807) is 0 Å². The molecular formula is C19H28BNO3. The molecule has 1 aromatic carbocycles. The predicted molar refractivity (Wildman–Crippen MR) is 96.7 cm³/mol. The maximum absolute atomic E-state index is 9.98. The molecule has 1 N–H and O–H groups in total. The minimum absolute atomic E-state index is 0.122. The zero-order valence-corrected chi connectivity index (χ0v) is 15.2. The van der Waals surface area contributed by atoms with E-state index in [4.69, 9.17) is 9.31 Å². The Labute approximate surface area is 145 Å². The van der Waals surface area contributed by atoms with Gasteiger partial charge in [0.1, 0.15) is 0 Å². The summed E-state index contributed by atoms with van der Waals surface area (Å²) < 4.78 is 12.3. The van der Waals surface area contributed by atoms with Crippen molar-refractivity contribution in [2.24, 2.45) is 0 Å². The number of aliphatic hydroxyl groups excluding tert-OH is 1. The number of fused-ring (bicyclic) bond motifs is 2. The van der Waals surface area contributed by atoms with E-state index in [0.717, 1.165) is 18.3 Å². The standard InChI is InChI=1S/C19H28BNO3/c1-18(2)19(3,4)24-20(23-18)13-5-7-14(8-6-13)21-15-9-10-16(21)12-17(22)11-15/h5-8,15-17,22H,9-12H2,1-4H3/t15-,16+,17?. The molecular weight excluding hydrogens is 301 g/mol. The Bertz CT molecular complexity index is 586. The summed E-state index contributed by atoms with van der Waals surface area (Å²) in [7, 11) is -0.302. The average Bonchev–Trinajstić information content (AvgIpc) is 2.89. The zero-order valence-electron chi connectivity index (χ0n) is 15.2. The van der Waals surface area contributed by atoms with Crippen LogP contribution in [0, 0.1) is 0 Å². The van der Waals surface area contributed by atoms with Crippen LogP contribution in [0.5, 0.6) is 0 Å². The second-order valence-electron chi connectivity index (χ2n) is 8.60. The van der Waals surface area contributed by atoms with Crippen molar-refractivity contribution < 1.29 is 14.4 Å². The molecule has 5 heteroatoms. The first-order valence-corrected chi connectivity index (χ1v) is 9.19. The monoisotopic (exact) mass is 329 g/mol. The van der Waals surface area contributed by atoms with Crippen molar-refractivity contribution in [3.8, 4) is 0 Å². The Balaban J connectivity index is 1.52. The second-order valence-corrected chi connectivity index (χ2v) is 8.60. The van der Waals surface area contributed by atoms with Gasteiger partial charge in [0.05, 0.1) is 17.3 Å². The fraction of sp³-hybridized carbons (Fsp3) is 0.684. The van der Waals surface area contributed by atoms with Gasteiger partial charge in [-0.25, -0.2) is 0 Å². The third-order valence-corrected chi connectivity index (χ3v) is 6.42. The number of benzene rings is 1. The van der Waals surface area contributed by atoms with Crippen molar-refractivity contribution in [1.82, 2.24) is 0 Å². The lowest BCUT2D eigenvalue weighted by molar-refractivity contribution is 0.00578. The first-order chi connectivity index (χ1) is 11.3. The fourth-order valence-electron chi connectivity index (χ4n) is 4.35. The molecule has 3 atom stereocenters. The molecule has 3 aliphatic heterocycles. The van der Waals surface area contributed by atoms with Crippen LogP contribution in [0.1, 0.15) is 53.4 Å². The molecule has 4 nitrogen and oxygen atoms in total. The summed E-state index contributed by atoms with van der Waals surface area (Å²) >= 11 is 0. The van der Waals surface area contributed by atoms with Crippen LogP contribution in [-0.4, -0.2) is 41.6 Å². The van der Waals surface area contributed by atoms with E-state index in [-0.39, 0.29) is 24.4 Å². The minimum Gasteiger partial charge on any atom is -0.399 e. The molecule has 0 spiro atoms. The number of rotatable bonds is 2. The average molecular weight is 329 g/mol. The Morgan fingerprint density at radius 3 is 1.96 bits per heavy atom. The smallest absolute Gasteiger partial charge is 0.399 e. The highest BCUT2D eigenvalue weighted by atomic mass is 16.7. The fourth-order valence-corrected chi connectivity index (χ4v) is 4.35. The molecule has 3 fully saturated rings. The molecule has 1 unspecified atom stereocenters. The summed E-state index contributed by atoms with van der Waals surface area (Å²) in [5, 5.41) is 9.98. The zero-order chi connectivity index (χ0) is 17.1. The molecule has 3 heterocycles. The van der Waals surface area contributed by atoms with Crippen LogP contribution >= 0.6 is 0 Å². The van der Waals surface area contributed by atoms with Gasteiger partial charge in [0.2, 0.25) is 0 Å². The van der Waals surface area contributed by atoms with Crippen LogP contribution in [-0.2, 0) is 9.31 Å². The van der Waals surface area contributed by atoms with Gasteiger partial charge in [0.25, 0.3) is 0 Å². The van der Waals surface area contributed by atoms with Gasteiger partial charge in [0, 0.05) is 17.8 Å². The summed E-state index contributed by atoms with van der Waals surface area (Å²) in [5.74, 6) is 0. The molecule has 0 saturated carbocycles. The molecule has 2 bridgehead atoms. The molecule has 24 heavy (non-hydrogen) atoms. The second kappa shape index (κ2) is 5.48. The normalized spacial score (nSPS) is 34.0. The topological polar surface area (TPSA) is 41.9 Å². The molecule has 1 aromatic rings. The van der Waals surface area contributed by atoms with Gasteiger partial charge in [-0.2, -0.15) is 0 Å². The van der Waals surface area contributed by atoms with Crippen molar-refractivity contribution in [2.75, 3.05) is 4.90 Å². The summed E-state index contributed by atoms with van der Waals surface area (Å²) in [5.41, 5.74) is 1.72. The van der Waals surface area contributed by atoms with Crippen molar-refractivity contribution in [1.29, 1.82) is 0 Å². The van der Waals surface area contributed by atoms with E-state index in [2.05, 4.69) is 56.9 Å². The van der Waals surface area contributed by atoms with Crippen molar-refractivity contribution in [3.05, 3.63) is 24.3 Å². The van der Waals surface area contributed by atoms with Crippen LogP contribution in [0.3, 0.4) is 0 Å². The van der Waals surface area contributed by atoms with E-state index in [0.29, 0.717) is 12.1 Å². The lowest BCUT2D eigenvalue weighted by atomic mass is 9.79. The summed E-state index contributed by atoms with van der Waals surface area (Å²) in [6, 6.07) is 9.60. The minimum atomic E-state index is -0.307. The van der Waals surface area contributed by atoms with Gasteiger partial charge >= 0.3 is 7.12 Å². The largest absolute Gasteiger partial charge is 0.494 e. The molecule has 4 rings (SSSR count). The number of anilines is 1. The van der Waals surface area contributed by atoms with Crippen molar-refractivity contribution >= 4 is 18.3 Å². The van der Waals surface area contributed by atoms with Gasteiger partial charge < -0.3 is 19.3 Å². The molecule has 0 aliphatic carbocycles. The maximum atomic E-state index is 9.98. The molecule has 0 radical (unpaired) electrons. The predicted octanol–water partition coefficient (Wildman–Crippen LogP) is 2.48. The summed E-state index contributed by atoms with van der Waals surface area (Å²) in [6.45, 7) is 8.33. The summed E-state index contributed by atoms with van der Waals surface area (Å²) in [6.07, 6.45) is 4.06. The van der Waals surface area contributed by atoms with Gasteiger partial charge in [-0.05, 0) is 71.0 Å². The molecule has 3 aliphatic rings. The van der Waals surface area contributed by atoms with E-state index in [9.17, 15) is 5.11 Å². The highest BCUT2D eigenvalue weighted by Crippen LogP contribution is 2.40. The Morgan fingerprint density at radius 2 is 1.46 bits per heavy atom. The Kier molecular flexibility index (Phi) is 3.75. The first kappa shape index (κ1) is 16.4. The lowest BCUT2D eigenvalue weighted by Gasteiger charge is -2.39. The molecule has 130 valence electrons. The van der Waals surface area contributed by atoms with Gasteiger partial charge in [0.15, 0.2) is 0 Å². The van der Waals surface area contributed by atoms with Crippen LogP contribution in [0.25, 0.3) is 0 Å². The SMILES string of the molecule is CC1(C)OB(c2ccc(N3[C@@H]4CC[C@H]3CC(O)C4)cc2)OC1(C)C. The molecule has 0 amide bonds. The lowest BCUT2D eigenvalue weighted by Crippen LogP contribution is -2.45. The van der Waals surface area contributed by atoms with Gasteiger partial charge in [-0.1, -0.05) is 12.1 Å².